The average Bonchev–Trinajstić information content (AvgIpc) is 3.34. The Hall–Kier alpha value is -2.45. The highest BCUT2D eigenvalue weighted by atomic mass is 16.5. The van der Waals surface area contributed by atoms with Crippen LogP contribution in [0, 0.1) is 23.2 Å². The zero-order valence-corrected chi connectivity index (χ0v) is 24.8. The molecular weight excluding hydrogens is 494 g/mol. The predicted molar refractivity (Wildman–Crippen MR) is 149 cm³/mol. The summed E-state index contributed by atoms with van der Waals surface area (Å²) >= 11 is 0. The van der Waals surface area contributed by atoms with Gasteiger partial charge in [-0.2, -0.15) is 0 Å². The van der Waals surface area contributed by atoms with E-state index >= 15 is 0 Å². The second kappa shape index (κ2) is 10.2. The van der Waals surface area contributed by atoms with E-state index < -0.39 is 40.7 Å². The Morgan fingerprint density at radius 2 is 1.79 bits per heavy atom. The molecule has 3 saturated heterocycles. The van der Waals surface area contributed by atoms with Crippen molar-refractivity contribution in [3.05, 3.63) is 35.9 Å². The normalized spacial score (nSPS) is 32.7. The SMILES string of the molecule is CCCNC(=O)[C@H]1[C@H]2C(=O)N([C@H](CO)c3ccccc3)C(C(=O)NC(C)(C)CC(C)(C)C)C23CC(C)[C@]1(C)O3. The van der Waals surface area contributed by atoms with Crippen molar-refractivity contribution in [2.75, 3.05) is 13.2 Å². The molecule has 39 heavy (non-hydrogen) atoms. The molecule has 8 heteroatoms. The molecule has 3 N–H and O–H groups in total. The predicted octanol–water partition coefficient (Wildman–Crippen LogP) is 3.59. The fourth-order valence-electron chi connectivity index (χ4n) is 7.87. The molecule has 3 aliphatic rings. The van der Waals surface area contributed by atoms with Gasteiger partial charge in [-0.05, 0) is 56.9 Å². The molecule has 3 amide bonds. The van der Waals surface area contributed by atoms with Crippen molar-refractivity contribution in [3.8, 4) is 0 Å². The number of benzene rings is 1. The van der Waals surface area contributed by atoms with Crippen molar-refractivity contribution in [2.24, 2.45) is 23.2 Å². The third kappa shape index (κ3) is 4.99. The average molecular weight is 542 g/mol. The van der Waals surface area contributed by atoms with Crippen molar-refractivity contribution in [2.45, 2.75) is 103 Å². The van der Waals surface area contributed by atoms with E-state index in [0.29, 0.717) is 13.0 Å². The zero-order chi connectivity index (χ0) is 29.0. The number of fused-ring (bicyclic) bond motifs is 1. The van der Waals surface area contributed by atoms with Gasteiger partial charge in [0.25, 0.3) is 0 Å². The molecule has 0 saturated carbocycles. The lowest BCUT2D eigenvalue weighted by Gasteiger charge is -2.40. The van der Waals surface area contributed by atoms with Gasteiger partial charge in [0, 0.05) is 12.1 Å². The van der Waals surface area contributed by atoms with Gasteiger partial charge in [-0.3, -0.25) is 14.4 Å². The van der Waals surface area contributed by atoms with E-state index in [1.807, 2.05) is 65.0 Å². The van der Waals surface area contributed by atoms with Crippen molar-refractivity contribution >= 4 is 17.7 Å². The van der Waals surface area contributed by atoms with Crippen LogP contribution < -0.4 is 10.6 Å². The Kier molecular flexibility index (Phi) is 7.71. The number of hydrogen-bond acceptors (Lipinski definition) is 5. The van der Waals surface area contributed by atoms with E-state index in [-0.39, 0.29) is 35.7 Å². The summed E-state index contributed by atoms with van der Waals surface area (Å²) in [6.45, 7) is 16.5. The molecule has 1 spiro atoms. The van der Waals surface area contributed by atoms with Crippen LogP contribution in [0.4, 0.5) is 0 Å². The molecule has 216 valence electrons. The number of carbonyl (C=O) groups excluding carboxylic acids is 3. The number of hydrogen-bond donors (Lipinski definition) is 3. The summed E-state index contributed by atoms with van der Waals surface area (Å²) < 4.78 is 6.81. The minimum absolute atomic E-state index is 0.0345. The molecule has 3 fully saturated rings. The number of nitrogens with one attached hydrogen (secondary N) is 2. The van der Waals surface area contributed by atoms with Gasteiger partial charge in [0.15, 0.2) is 0 Å². The van der Waals surface area contributed by atoms with E-state index in [1.165, 1.54) is 4.90 Å². The fraction of sp³-hybridized carbons (Fsp3) is 0.710. The number of likely N-dealkylation sites (tertiary alicyclic amines) is 1. The van der Waals surface area contributed by atoms with Gasteiger partial charge >= 0.3 is 0 Å². The number of nitrogens with zero attached hydrogens (tertiary/aromatic N) is 1. The summed E-state index contributed by atoms with van der Waals surface area (Å²) in [6, 6.07) is 7.55. The lowest BCUT2D eigenvalue weighted by atomic mass is 9.62. The monoisotopic (exact) mass is 541 g/mol. The summed E-state index contributed by atoms with van der Waals surface area (Å²) in [5.41, 5.74) is -1.89. The van der Waals surface area contributed by atoms with E-state index in [4.69, 9.17) is 4.74 Å². The van der Waals surface area contributed by atoms with E-state index in [1.54, 1.807) is 0 Å². The van der Waals surface area contributed by atoms with Gasteiger partial charge in [0.2, 0.25) is 17.7 Å². The zero-order valence-electron chi connectivity index (χ0n) is 24.8. The first kappa shape index (κ1) is 29.5. The highest BCUT2D eigenvalue weighted by Crippen LogP contribution is 2.66. The topological polar surface area (TPSA) is 108 Å². The second-order valence-electron chi connectivity index (χ2n) is 14.0. The Labute approximate surface area is 233 Å². The van der Waals surface area contributed by atoms with Gasteiger partial charge < -0.3 is 25.4 Å². The molecular formula is C31H47N3O5. The van der Waals surface area contributed by atoms with Crippen LogP contribution in [0.25, 0.3) is 0 Å². The van der Waals surface area contributed by atoms with Crippen molar-refractivity contribution in [1.82, 2.24) is 15.5 Å². The van der Waals surface area contributed by atoms with Crippen LogP contribution in [0.15, 0.2) is 30.3 Å². The molecule has 1 aromatic rings. The number of carbonyl (C=O) groups is 3. The lowest BCUT2D eigenvalue weighted by Crippen LogP contribution is -2.60. The second-order valence-corrected chi connectivity index (χ2v) is 14.0. The number of aliphatic hydroxyl groups is 1. The first-order valence-corrected chi connectivity index (χ1v) is 14.4. The molecule has 3 aliphatic heterocycles. The fourth-order valence-corrected chi connectivity index (χ4v) is 7.87. The summed E-state index contributed by atoms with van der Waals surface area (Å²) in [6.07, 6.45) is 1.98. The molecule has 0 radical (unpaired) electrons. The molecule has 0 aromatic heterocycles. The van der Waals surface area contributed by atoms with Crippen LogP contribution in [0.3, 0.4) is 0 Å². The Morgan fingerprint density at radius 1 is 1.15 bits per heavy atom. The Balaban J connectivity index is 1.83. The van der Waals surface area contributed by atoms with Crippen LogP contribution in [0.1, 0.15) is 86.3 Å². The molecule has 0 aliphatic carbocycles. The summed E-state index contributed by atoms with van der Waals surface area (Å²) in [4.78, 5) is 44.0. The van der Waals surface area contributed by atoms with Crippen LogP contribution in [0.5, 0.6) is 0 Å². The van der Waals surface area contributed by atoms with Crippen molar-refractivity contribution < 1.29 is 24.2 Å². The number of rotatable bonds is 9. The summed E-state index contributed by atoms with van der Waals surface area (Å²) in [7, 11) is 0. The number of aliphatic hydroxyl groups excluding tert-OH is 1. The maximum Gasteiger partial charge on any atom is 0.246 e. The maximum atomic E-state index is 14.5. The van der Waals surface area contributed by atoms with Crippen LogP contribution >= 0.6 is 0 Å². The minimum atomic E-state index is -1.16. The molecule has 7 atom stereocenters. The first-order chi connectivity index (χ1) is 18.1. The number of ether oxygens (including phenoxy) is 1. The van der Waals surface area contributed by atoms with Crippen molar-refractivity contribution in [1.29, 1.82) is 0 Å². The van der Waals surface area contributed by atoms with Gasteiger partial charge in [-0.15, -0.1) is 0 Å². The van der Waals surface area contributed by atoms with Gasteiger partial charge in [-0.25, -0.2) is 0 Å². The highest BCUT2D eigenvalue weighted by Gasteiger charge is 2.80. The largest absolute Gasteiger partial charge is 0.394 e. The first-order valence-electron chi connectivity index (χ1n) is 14.4. The lowest BCUT2D eigenvalue weighted by molar-refractivity contribution is -0.151. The molecule has 4 rings (SSSR count). The smallest absolute Gasteiger partial charge is 0.246 e. The Morgan fingerprint density at radius 3 is 2.36 bits per heavy atom. The standard InChI is InChI=1S/C31H47N3O5/c1-9-15-32-25(36)22-23-27(38)34(21(17-35)20-13-11-10-12-14-20)24(31(23)16-19(2)30(22,8)39-31)26(37)33-29(6,7)18-28(3,4)5/h10-14,19,21-24,35H,9,15-18H2,1-8H3,(H,32,36)(H,33,37)/t19?,21-,22-,23+,24?,30+,31?/m1/s1. The van der Waals surface area contributed by atoms with E-state index in [2.05, 4.69) is 31.4 Å². The number of amides is 3. The van der Waals surface area contributed by atoms with Crippen LogP contribution in [0.2, 0.25) is 0 Å². The van der Waals surface area contributed by atoms with Crippen LogP contribution in [-0.2, 0) is 19.1 Å². The quantitative estimate of drug-likeness (QED) is 0.443. The molecule has 3 unspecified atom stereocenters. The van der Waals surface area contributed by atoms with Crippen molar-refractivity contribution in [3.63, 3.8) is 0 Å². The summed E-state index contributed by atoms with van der Waals surface area (Å²) in [5, 5.41) is 16.9. The van der Waals surface area contributed by atoms with E-state index in [0.717, 1.165) is 18.4 Å². The van der Waals surface area contributed by atoms with Crippen LogP contribution in [-0.4, -0.2) is 63.7 Å². The third-order valence-corrected chi connectivity index (χ3v) is 8.96. The molecule has 8 nitrogen and oxygen atoms in total. The highest BCUT2D eigenvalue weighted by molar-refractivity contribution is 5.99. The third-order valence-electron chi connectivity index (χ3n) is 8.96. The van der Waals surface area contributed by atoms with Gasteiger partial charge in [0.05, 0.1) is 30.1 Å². The van der Waals surface area contributed by atoms with Gasteiger partial charge in [0.1, 0.15) is 11.6 Å². The molecule has 2 bridgehead atoms. The molecule has 3 heterocycles. The Bertz CT molecular complexity index is 1100. The van der Waals surface area contributed by atoms with Gasteiger partial charge in [-0.1, -0.05) is 65.0 Å². The minimum Gasteiger partial charge on any atom is -0.394 e. The summed E-state index contributed by atoms with van der Waals surface area (Å²) in [5.74, 6) is -2.39. The maximum absolute atomic E-state index is 14.5. The molecule has 1 aromatic carbocycles. The van der Waals surface area contributed by atoms with E-state index in [9.17, 15) is 19.5 Å².